The zero-order valence-electron chi connectivity index (χ0n) is 61.8. The van der Waals surface area contributed by atoms with E-state index >= 15 is 0 Å². The van der Waals surface area contributed by atoms with Crippen molar-refractivity contribution in [2.24, 2.45) is 5.92 Å². The summed E-state index contributed by atoms with van der Waals surface area (Å²) < 4.78 is 68.5. The second-order valence-corrected chi connectivity index (χ2v) is 30.8. The normalized spacial score (nSPS) is 13.9. The lowest BCUT2D eigenvalue weighted by Gasteiger charge is -2.21. The third-order valence-electron chi connectivity index (χ3n) is 17.8. The molecule has 2 unspecified atom stereocenters. The largest absolute Gasteiger partial charge is 0.472 e. The average Bonchev–Trinajstić information content (AvgIpc) is 1.41. The van der Waals surface area contributed by atoms with Crippen molar-refractivity contribution in [1.82, 2.24) is 0 Å². The van der Waals surface area contributed by atoms with Crippen LogP contribution in [-0.4, -0.2) is 96.7 Å². The van der Waals surface area contributed by atoms with Crippen molar-refractivity contribution >= 4 is 39.5 Å². The van der Waals surface area contributed by atoms with Crippen LogP contribution < -0.4 is 0 Å². The summed E-state index contributed by atoms with van der Waals surface area (Å²) in [6, 6.07) is 0. The van der Waals surface area contributed by atoms with Gasteiger partial charge in [-0.25, -0.2) is 9.13 Å². The zero-order chi connectivity index (χ0) is 69.8. The number of carbonyl (C=O) groups excluding carboxylic acids is 4. The summed E-state index contributed by atoms with van der Waals surface area (Å²) in [6.45, 7) is 7.25. The van der Waals surface area contributed by atoms with Crippen LogP contribution in [0.15, 0.2) is 0 Å². The van der Waals surface area contributed by atoms with Gasteiger partial charge >= 0.3 is 39.5 Å². The average molecular weight is 1400 g/mol. The van der Waals surface area contributed by atoms with Gasteiger partial charge in [-0.1, -0.05) is 349 Å². The lowest BCUT2D eigenvalue weighted by atomic mass is 10.0. The van der Waals surface area contributed by atoms with E-state index in [0.29, 0.717) is 25.7 Å². The van der Waals surface area contributed by atoms with Gasteiger partial charge in [-0.2, -0.15) is 0 Å². The molecule has 0 rings (SSSR count). The van der Waals surface area contributed by atoms with E-state index < -0.39 is 97.5 Å². The highest BCUT2D eigenvalue weighted by atomic mass is 31.2. The Hall–Kier alpha value is -1.94. The van der Waals surface area contributed by atoms with Gasteiger partial charge in [-0.15, -0.1) is 0 Å². The molecule has 0 aliphatic heterocycles. The molecule has 0 amide bonds. The van der Waals surface area contributed by atoms with E-state index in [0.717, 1.165) is 95.8 Å². The smallest absolute Gasteiger partial charge is 0.462 e. The lowest BCUT2D eigenvalue weighted by molar-refractivity contribution is -0.161. The Morgan fingerprint density at radius 2 is 0.484 bits per heavy atom. The summed E-state index contributed by atoms with van der Waals surface area (Å²) in [7, 11) is -9.91. The summed E-state index contributed by atoms with van der Waals surface area (Å²) >= 11 is 0. The first kappa shape index (κ1) is 93.1. The standard InChI is InChI=1S/C76H148O17P2/c1-6-9-12-15-18-21-24-26-28-30-31-33-35-37-40-46-51-56-61-75(80)92-71(65-87-74(79)60-55-50-45-39-36-34-32-29-27-25-22-19-16-13-10-7-2)67-90-94(82,83)88-63-70(77)64-89-95(84,85)91-68-72(66-86-73(78)59-54-49-44-38-23-20-17-14-11-8-3)93-76(81)62-57-52-47-42-41-43-48-53-58-69(4)5/h69-72,77H,6-68H2,1-5H3,(H,82,83)(H,84,85)/t70-,71-,72-/m1/s1. The molecule has 0 aromatic carbocycles. The maximum atomic E-state index is 13.1. The molecule has 0 aromatic rings. The number of phosphoric ester groups is 2. The maximum absolute atomic E-state index is 13.1. The van der Waals surface area contributed by atoms with Crippen molar-refractivity contribution in [2.45, 2.75) is 419 Å². The van der Waals surface area contributed by atoms with Crippen molar-refractivity contribution in [3.8, 4) is 0 Å². The molecule has 19 heteroatoms. The summed E-state index contributed by atoms with van der Waals surface area (Å²) in [4.78, 5) is 72.8. The van der Waals surface area contributed by atoms with Crippen LogP contribution >= 0.6 is 15.6 Å². The molecule has 17 nitrogen and oxygen atoms in total. The van der Waals surface area contributed by atoms with Gasteiger partial charge in [0.05, 0.1) is 26.4 Å². The Balaban J connectivity index is 5.22. The third-order valence-corrected chi connectivity index (χ3v) is 19.7. The first-order valence-corrected chi connectivity index (χ1v) is 42.6. The van der Waals surface area contributed by atoms with Gasteiger partial charge < -0.3 is 33.8 Å². The van der Waals surface area contributed by atoms with Gasteiger partial charge in [0.25, 0.3) is 0 Å². The number of hydrogen-bond donors (Lipinski definition) is 3. The molecule has 3 N–H and O–H groups in total. The van der Waals surface area contributed by atoms with Crippen molar-refractivity contribution in [3.63, 3.8) is 0 Å². The van der Waals surface area contributed by atoms with Crippen LogP contribution in [0, 0.1) is 5.92 Å². The van der Waals surface area contributed by atoms with Crippen LogP contribution in [0.1, 0.15) is 401 Å². The van der Waals surface area contributed by atoms with E-state index in [4.69, 9.17) is 37.0 Å². The van der Waals surface area contributed by atoms with E-state index in [1.807, 2.05) is 0 Å². The Morgan fingerprint density at radius 1 is 0.284 bits per heavy atom. The van der Waals surface area contributed by atoms with Gasteiger partial charge in [-0.3, -0.25) is 37.3 Å². The molecule has 0 bridgehead atoms. The number of esters is 4. The number of phosphoric acid groups is 2. The molecule has 95 heavy (non-hydrogen) atoms. The van der Waals surface area contributed by atoms with Crippen LogP contribution in [0.5, 0.6) is 0 Å². The van der Waals surface area contributed by atoms with Crippen LogP contribution in [0.4, 0.5) is 0 Å². The minimum atomic E-state index is -4.96. The van der Waals surface area contributed by atoms with Crippen molar-refractivity contribution in [3.05, 3.63) is 0 Å². The molecule has 0 aromatic heterocycles. The highest BCUT2D eigenvalue weighted by molar-refractivity contribution is 7.47. The molecular formula is C76H148O17P2. The summed E-state index contributed by atoms with van der Waals surface area (Å²) in [5.74, 6) is -1.40. The molecule has 5 atom stereocenters. The van der Waals surface area contributed by atoms with Crippen LogP contribution in [0.3, 0.4) is 0 Å². The summed E-state index contributed by atoms with van der Waals surface area (Å²) in [5.41, 5.74) is 0. The van der Waals surface area contributed by atoms with Crippen molar-refractivity contribution < 1.29 is 80.2 Å². The van der Waals surface area contributed by atoms with E-state index in [-0.39, 0.29) is 25.7 Å². The number of rotatable bonds is 76. The number of aliphatic hydroxyl groups excluding tert-OH is 1. The molecule has 0 spiro atoms. The SMILES string of the molecule is CCCCCCCCCCCCCCCCCCCCC(=O)O[C@H](COC(=O)CCCCCCCCCCCCCCCCCC)COP(=O)(O)OC[C@@H](O)COP(=O)(O)OC[C@@H](COC(=O)CCCCCCCCCCCC)OC(=O)CCCCCCCCCCC(C)C. The van der Waals surface area contributed by atoms with Crippen LogP contribution in [0.25, 0.3) is 0 Å². The molecular weight excluding hydrogens is 1250 g/mol. The minimum absolute atomic E-state index is 0.105. The van der Waals surface area contributed by atoms with Crippen molar-refractivity contribution in [1.29, 1.82) is 0 Å². The number of unbranched alkanes of at least 4 members (excludes halogenated alkanes) is 48. The van der Waals surface area contributed by atoms with E-state index in [1.165, 1.54) is 225 Å². The second-order valence-electron chi connectivity index (χ2n) is 27.9. The van der Waals surface area contributed by atoms with Gasteiger partial charge in [-0.05, 0) is 31.6 Å². The summed E-state index contributed by atoms with van der Waals surface area (Å²) in [6.07, 6.45) is 58.3. The predicted molar refractivity (Wildman–Crippen MR) is 386 cm³/mol. The molecule has 564 valence electrons. The third kappa shape index (κ3) is 70.3. The van der Waals surface area contributed by atoms with Gasteiger partial charge in [0.1, 0.15) is 19.3 Å². The maximum Gasteiger partial charge on any atom is 0.472 e. The topological polar surface area (TPSA) is 237 Å². The van der Waals surface area contributed by atoms with Gasteiger partial charge in [0.15, 0.2) is 12.2 Å². The molecule has 0 heterocycles. The first-order chi connectivity index (χ1) is 46.0. The van der Waals surface area contributed by atoms with E-state index in [2.05, 4.69) is 34.6 Å². The van der Waals surface area contributed by atoms with Crippen LogP contribution in [0.2, 0.25) is 0 Å². The monoisotopic (exact) mass is 1400 g/mol. The number of aliphatic hydroxyl groups is 1. The van der Waals surface area contributed by atoms with Gasteiger partial charge in [0.2, 0.25) is 0 Å². The molecule has 0 aliphatic rings. The zero-order valence-corrected chi connectivity index (χ0v) is 63.6. The Kier molecular flexibility index (Phi) is 67.7. The Morgan fingerprint density at radius 3 is 0.716 bits per heavy atom. The number of ether oxygens (including phenoxy) is 4. The second kappa shape index (κ2) is 69.2. The Labute approximate surface area is 581 Å². The summed E-state index contributed by atoms with van der Waals surface area (Å²) in [5, 5.41) is 10.6. The van der Waals surface area contributed by atoms with E-state index in [1.54, 1.807) is 0 Å². The molecule has 0 saturated carbocycles. The fourth-order valence-electron chi connectivity index (χ4n) is 11.7. The quantitative estimate of drug-likeness (QED) is 0.0222. The number of carbonyl (C=O) groups is 4. The van der Waals surface area contributed by atoms with Crippen LogP contribution in [-0.2, 0) is 65.4 Å². The molecule has 0 fully saturated rings. The minimum Gasteiger partial charge on any atom is -0.462 e. The predicted octanol–water partition coefficient (Wildman–Crippen LogP) is 22.5. The fraction of sp³-hybridized carbons (Fsp3) is 0.947. The first-order valence-electron chi connectivity index (χ1n) is 39.6. The van der Waals surface area contributed by atoms with E-state index in [9.17, 15) is 43.2 Å². The lowest BCUT2D eigenvalue weighted by Crippen LogP contribution is -2.30. The highest BCUT2D eigenvalue weighted by Crippen LogP contribution is 2.45. The molecule has 0 radical (unpaired) electrons. The number of hydrogen-bond acceptors (Lipinski definition) is 15. The van der Waals surface area contributed by atoms with Crippen molar-refractivity contribution in [2.75, 3.05) is 39.6 Å². The molecule has 0 saturated heterocycles. The molecule has 0 aliphatic carbocycles. The fourth-order valence-corrected chi connectivity index (χ4v) is 13.3. The Bertz CT molecular complexity index is 1820. The highest BCUT2D eigenvalue weighted by Gasteiger charge is 2.30. The van der Waals surface area contributed by atoms with Gasteiger partial charge in [0, 0.05) is 25.7 Å².